The molecular formula is C21H23ClN4O2. The number of anilines is 1. The highest BCUT2D eigenvalue weighted by atomic mass is 35.5. The van der Waals surface area contributed by atoms with Gasteiger partial charge in [0, 0.05) is 18.3 Å². The fourth-order valence-corrected chi connectivity index (χ4v) is 4.01. The minimum Gasteiger partial charge on any atom is -0.373 e. The van der Waals surface area contributed by atoms with E-state index in [1.807, 2.05) is 37.4 Å². The van der Waals surface area contributed by atoms with Gasteiger partial charge in [-0.05, 0) is 42.7 Å². The fourth-order valence-electron chi connectivity index (χ4n) is 3.82. The Hall–Kier alpha value is -2.44. The topological polar surface area (TPSA) is 73.1 Å². The molecule has 1 N–H and O–H groups in total. The van der Waals surface area contributed by atoms with Crippen molar-refractivity contribution in [3.63, 3.8) is 0 Å². The van der Waals surface area contributed by atoms with Crippen LogP contribution in [0.3, 0.4) is 0 Å². The SMILES string of the molecule is CNc1ncccc1-c1noc(COC2(c3cccc(Cl)c3)CCCCC2)n1. The number of pyridine rings is 1. The predicted molar refractivity (Wildman–Crippen MR) is 108 cm³/mol. The van der Waals surface area contributed by atoms with E-state index in [-0.39, 0.29) is 12.2 Å². The van der Waals surface area contributed by atoms with Gasteiger partial charge in [-0.15, -0.1) is 0 Å². The summed E-state index contributed by atoms with van der Waals surface area (Å²) in [5, 5.41) is 7.87. The van der Waals surface area contributed by atoms with Crippen LogP contribution in [0.25, 0.3) is 11.4 Å². The van der Waals surface area contributed by atoms with E-state index in [4.69, 9.17) is 20.9 Å². The lowest BCUT2D eigenvalue weighted by Crippen LogP contribution is -2.32. The van der Waals surface area contributed by atoms with E-state index in [1.165, 1.54) is 6.42 Å². The molecule has 2 heterocycles. The van der Waals surface area contributed by atoms with Crippen molar-refractivity contribution in [1.82, 2.24) is 15.1 Å². The minimum atomic E-state index is -0.359. The number of ether oxygens (including phenoxy) is 1. The van der Waals surface area contributed by atoms with E-state index in [0.29, 0.717) is 17.5 Å². The molecular weight excluding hydrogens is 376 g/mol. The van der Waals surface area contributed by atoms with Gasteiger partial charge in [0.1, 0.15) is 12.4 Å². The smallest absolute Gasteiger partial charge is 0.253 e. The van der Waals surface area contributed by atoms with Crippen molar-refractivity contribution in [3.8, 4) is 11.4 Å². The zero-order valence-corrected chi connectivity index (χ0v) is 16.6. The first kappa shape index (κ1) is 18.9. The molecule has 1 saturated carbocycles. The Kier molecular flexibility index (Phi) is 5.59. The van der Waals surface area contributed by atoms with E-state index < -0.39 is 0 Å². The van der Waals surface area contributed by atoms with E-state index >= 15 is 0 Å². The molecule has 2 aromatic heterocycles. The van der Waals surface area contributed by atoms with Gasteiger partial charge in [0.05, 0.1) is 11.2 Å². The molecule has 0 radical (unpaired) electrons. The lowest BCUT2D eigenvalue weighted by molar-refractivity contribution is -0.0937. The summed E-state index contributed by atoms with van der Waals surface area (Å²) in [6.07, 6.45) is 7.12. The van der Waals surface area contributed by atoms with Crippen LogP contribution in [0.2, 0.25) is 5.02 Å². The van der Waals surface area contributed by atoms with Crippen LogP contribution in [0.1, 0.15) is 43.6 Å². The second-order valence-electron chi connectivity index (χ2n) is 7.02. The van der Waals surface area contributed by atoms with E-state index in [9.17, 15) is 0 Å². The third-order valence-corrected chi connectivity index (χ3v) is 5.47. The van der Waals surface area contributed by atoms with Crippen molar-refractivity contribution in [3.05, 3.63) is 59.1 Å². The molecule has 1 fully saturated rings. The summed E-state index contributed by atoms with van der Waals surface area (Å²) in [5.74, 6) is 1.66. The number of nitrogens with zero attached hydrogens (tertiary/aromatic N) is 3. The summed E-state index contributed by atoms with van der Waals surface area (Å²) in [5.41, 5.74) is 1.55. The van der Waals surface area contributed by atoms with Crippen LogP contribution in [0.15, 0.2) is 47.1 Å². The van der Waals surface area contributed by atoms with Gasteiger partial charge in [0.15, 0.2) is 0 Å². The summed E-state index contributed by atoms with van der Waals surface area (Å²) in [6.45, 7) is 0.259. The molecule has 7 heteroatoms. The Morgan fingerprint density at radius 2 is 2.04 bits per heavy atom. The van der Waals surface area contributed by atoms with Crippen LogP contribution in [0.4, 0.5) is 5.82 Å². The van der Waals surface area contributed by atoms with Crippen molar-refractivity contribution >= 4 is 17.4 Å². The second kappa shape index (κ2) is 8.29. The second-order valence-corrected chi connectivity index (χ2v) is 7.45. The first-order valence-corrected chi connectivity index (χ1v) is 9.94. The summed E-state index contributed by atoms with van der Waals surface area (Å²) in [7, 11) is 1.81. The first-order valence-electron chi connectivity index (χ1n) is 9.56. The molecule has 0 unspecified atom stereocenters. The maximum Gasteiger partial charge on any atom is 0.253 e. The predicted octanol–water partition coefficient (Wildman–Crippen LogP) is 5.20. The maximum absolute atomic E-state index is 6.42. The third kappa shape index (κ3) is 3.88. The van der Waals surface area contributed by atoms with Gasteiger partial charge in [-0.2, -0.15) is 4.98 Å². The van der Waals surface area contributed by atoms with Crippen LogP contribution < -0.4 is 5.32 Å². The first-order chi connectivity index (χ1) is 13.7. The van der Waals surface area contributed by atoms with E-state index in [2.05, 4.69) is 26.5 Å². The Balaban J connectivity index is 1.55. The van der Waals surface area contributed by atoms with Gasteiger partial charge in [0.2, 0.25) is 5.82 Å². The number of hydrogen-bond donors (Lipinski definition) is 1. The maximum atomic E-state index is 6.42. The normalized spacial score (nSPS) is 16.1. The molecule has 3 aromatic rings. The zero-order valence-electron chi connectivity index (χ0n) is 15.8. The lowest BCUT2D eigenvalue weighted by atomic mass is 9.79. The highest BCUT2D eigenvalue weighted by Gasteiger charge is 2.35. The van der Waals surface area contributed by atoms with E-state index in [0.717, 1.165) is 41.8 Å². The largest absolute Gasteiger partial charge is 0.373 e. The number of aromatic nitrogens is 3. The molecule has 0 bridgehead atoms. The van der Waals surface area contributed by atoms with Gasteiger partial charge in [-0.1, -0.05) is 48.2 Å². The summed E-state index contributed by atoms with van der Waals surface area (Å²) < 4.78 is 11.9. The van der Waals surface area contributed by atoms with Crippen LogP contribution in [-0.4, -0.2) is 22.2 Å². The monoisotopic (exact) mass is 398 g/mol. The molecule has 1 aliphatic carbocycles. The van der Waals surface area contributed by atoms with Gasteiger partial charge in [0.25, 0.3) is 5.89 Å². The Bertz CT molecular complexity index is 937. The standard InChI is InChI=1S/C21H23ClN4O2/c1-23-19-17(9-6-12-24-19)20-25-18(28-26-20)14-27-21(10-3-2-4-11-21)15-7-5-8-16(22)13-15/h5-9,12-13H,2-4,10-11,14H2,1H3,(H,23,24). The highest BCUT2D eigenvalue weighted by Crippen LogP contribution is 2.41. The molecule has 0 spiro atoms. The van der Waals surface area contributed by atoms with Crippen molar-refractivity contribution in [2.75, 3.05) is 12.4 Å². The van der Waals surface area contributed by atoms with Crippen molar-refractivity contribution < 1.29 is 9.26 Å². The number of nitrogens with one attached hydrogen (secondary N) is 1. The number of rotatable bonds is 6. The molecule has 1 aromatic carbocycles. The molecule has 0 aliphatic heterocycles. The fraction of sp³-hybridized carbons (Fsp3) is 0.381. The summed E-state index contributed by atoms with van der Waals surface area (Å²) >= 11 is 6.23. The molecule has 0 atom stereocenters. The number of benzene rings is 1. The van der Waals surface area contributed by atoms with Crippen molar-refractivity contribution in [2.45, 2.75) is 44.3 Å². The number of hydrogen-bond acceptors (Lipinski definition) is 6. The molecule has 4 rings (SSSR count). The van der Waals surface area contributed by atoms with Gasteiger partial charge in [-0.25, -0.2) is 4.98 Å². The Labute approximate surface area is 169 Å². The van der Waals surface area contributed by atoms with Gasteiger partial charge < -0.3 is 14.6 Å². The zero-order chi connectivity index (χ0) is 19.4. The molecule has 0 saturated heterocycles. The lowest BCUT2D eigenvalue weighted by Gasteiger charge is -2.37. The highest BCUT2D eigenvalue weighted by molar-refractivity contribution is 6.30. The summed E-state index contributed by atoms with van der Waals surface area (Å²) in [6, 6.07) is 11.7. The average Bonchev–Trinajstić information content (AvgIpc) is 3.22. The van der Waals surface area contributed by atoms with Gasteiger partial charge >= 0.3 is 0 Å². The quantitative estimate of drug-likeness (QED) is 0.615. The van der Waals surface area contributed by atoms with Gasteiger partial charge in [-0.3, -0.25) is 0 Å². The minimum absolute atomic E-state index is 0.259. The molecule has 146 valence electrons. The summed E-state index contributed by atoms with van der Waals surface area (Å²) in [4.78, 5) is 8.79. The molecule has 1 aliphatic rings. The van der Waals surface area contributed by atoms with Crippen LogP contribution in [0.5, 0.6) is 0 Å². The van der Waals surface area contributed by atoms with Crippen LogP contribution >= 0.6 is 11.6 Å². The average molecular weight is 399 g/mol. The third-order valence-electron chi connectivity index (χ3n) is 5.24. The molecule has 6 nitrogen and oxygen atoms in total. The molecule has 0 amide bonds. The Morgan fingerprint density at radius 1 is 1.18 bits per heavy atom. The molecule has 28 heavy (non-hydrogen) atoms. The van der Waals surface area contributed by atoms with E-state index in [1.54, 1.807) is 6.20 Å². The van der Waals surface area contributed by atoms with Crippen molar-refractivity contribution in [2.24, 2.45) is 0 Å². The number of halogens is 1. The Morgan fingerprint density at radius 3 is 2.82 bits per heavy atom. The van der Waals surface area contributed by atoms with Crippen LogP contribution in [-0.2, 0) is 16.9 Å². The van der Waals surface area contributed by atoms with Crippen molar-refractivity contribution in [1.29, 1.82) is 0 Å². The van der Waals surface area contributed by atoms with Crippen LogP contribution in [0, 0.1) is 0 Å².